The maximum atomic E-state index is 5.77. The molecule has 0 bridgehead atoms. The molecular formula is C10H24N2. The van der Waals surface area contributed by atoms with Crippen molar-refractivity contribution < 1.29 is 0 Å². The van der Waals surface area contributed by atoms with Crippen molar-refractivity contribution in [3.63, 3.8) is 0 Å². The lowest BCUT2D eigenvalue weighted by Gasteiger charge is -2.29. The molecule has 0 spiro atoms. The highest BCUT2D eigenvalue weighted by Crippen LogP contribution is 2.07. The van der Waals surface area contributed by atoms with Gasteiger partial charge in [0.2, 0.25) is 0 Å². The Hall–Kier alpha value is -0.0800. The molecule has 1 heterocycles. The minimum Gasteiger partial charge on any atom is -0.328 e. The first kappa shape index (κ1) is 11.9. The Morgan fingerprint density at radius 1 is 1.25 bits per heavy atom. The van der Waals surface area contributed by atoms with Crippen molar-refractivity contribution in [1.29, 1.82) is 0 Å². The summed E-state index contributed by atoms with van der Waals surface area (Å²) in [5.74, 6) is 0. The van der Waals surface area contributed by atoms with Crippen molar-refractivity contribution in [3.8, 4) is 0 Å². The Labute approximate surface area is 77.1 Å². The van der Waals surface area contributed by atoms with Crippen LogP contribution >= 0.6 is 0 Å². The van der Waals surface area contributed by atoms with Gasteiger partial charge in [-0.05, 0) is 38.9 Å². The van der Waals surface area contributed by atoms with Crippen molar-refractivity contribution in [3.05, 3.63) is 0 Å². The van der Waals surface area contributed by atoms with Crippen molar-refractivity contribution in [2.24, 2.45) is 5.73 Å². The van der Waals surface area contributed by atoms with E-state index in [1.165, 1.54) is 38.9 Å². The second kappa shape index (κ2) is 7.56. The number of rotatable bonds is 2. The van der Waals surface area contributed by atoms with Crippen LogP contribution in [-0.2, 0) is 0 Å². The lowest BCUT2D eigenvalue weighted by molar-refractivity contribution is 0.214. The Morgan fingerprint density at radius 3 is 2.17 bits per heavy atom. The monoisotopic (exact) mass is 172 g/mol. The van der Waals surface area contributed by atoms with Gasteiger partial charge in [-0.1, -0.05) is 20.8 Å². The molecule has 2 N–H and O–H groups in total. The van der Waals surface area contributed by atoms with E-state index in [2.05, 4.69) is 11.8 Å². The highest BCUT2D eigenvalue weighted by Gasteiger charge is 2.13. The van der Waals surface area contributed by atoms with Crippen LogP contribution < -0.4 is 5.73 Å². The van der Waals surface area contributed by atoms with Crippen LogP contribution in [0.25, 0.3) is 0 Å². The highest BCUT2D eigenvalue weighted by molar-refractivity contribution is 4.73. The Bertz CT molecular complexity index is 85.8. The van der Waals surface area contributed by atoms with Crippen molar-refractivity contribution in [1.82, 2.24) is 4.90 Å². The van der Waals surface area contributed by atoms with Gasteiger partial charge in [-0.15, -0.1) is 0 Å². The molecule has 2 heteroatoms. The number of hydrogen-bond donors (Lipinski definition) is 1. The highest BCUT2D eigenvalue weighted by atomic mass is 15.1. The minimum atomic E-state index is 0.480. The van der Waals surface area contributed by atoms with Gasteiger partial charge in [-0.25, -0.2) is 0 Å². The lowest BCUT2D eigenvalue weighted by Crippen LogP contribution is -2.39. The van der Waals surface area contributed by atoms with Crippen molar-refractivity contribution >= 4 is 0 Å². The Kier molecular flexibility index (Phi) is 7.51. The quantitative estimate of drug-likeness (QED) is 0.688. The molecule has 12 heavy (non-hydrogen) atoms. The van der Waals surface area contributed by atoms with Gasteiger partial charge in [0.1, 0.15) is 0 Å². The smallest absolute Gasteiger partial charge is 0.00631 e. The SMILES string of the molecule is CC.CCCN1CCC(N)CC1. The van der Waals surface area contributed by atoms with Gasteiger partial charge in [-0.2, -0.15) is 0 Å². The van der Waals surface area contributed by atoms with E-state index in [0.29, 0.717) is 6.04 Å². The summed E-state index contributed by atoms with van der Waals surface area (Å²) in [5, 5.41) is 0. The molecule has 0 saturated carbocycles. The van der Waals surface area contributed by atoms with Gasteiger partial charge >= 0.3 is 0 Å². The van der Waals surface area contributed by atoms with Crippen molar-refractivity contribution in [2.45, 2.75) is 46.1 Å². The second-order valence-electron chi connectivity index (χ2n) is 3.18. The predicted molar refractivity (Wildman–Crippen MR) is 55.3 cm³/mol. The number of likely N-dealkylation sites (tertiary alicyclic amines) is 1. The van der Waals surface area contributed by atoms with Crippen LogP contribution in [0.5, 0.6) is 0 Å². The van der Waals surface area contributed by atoms with Gasteiger partial charge in [0.25, 0.3) is 0 Å². The fourth-order valence-corrected chi connectivity index (χ4v) is 1.49. The fraction of sp³-hybridized carbons (Fsp3) is 1.00. The van der Waals surface area contributed by atoms with Gasteiger partial charge in [0.05, 0.1) is 0 Å². The lowest BCUT2D eigenvalue weighted by atomic mass is 10.1. The molecule has 0 atom stereocenters. The average molecular weight is 172 g/mol. The first-order valence-corrected chi connectivity index (χ1v) is 5.31. The molecule has 0 aromatic heterocycles. The van der Waals surface area contributed by atoms with Crippen LogP contribution in [0.15, 0.2) is 0 Å². The first-order chi connectivity index (χ1) is 5.83. The third-order valence-corrected chi connectivity index (χ3v) is 2.17. The Balaban J connectivity index is 0.000000561. The van der Waals surface area contributed by atoms with Crippen LogP contribution in [0.4, 0.5) is 0 Å². The summed E-state index contributed by atoms with van der Waals surface area (Å²) in [7, 11) is 0. The molecule has 0 amide bonds. The molecule has 1 aliphatic rings. The molecule has 0 unspecified atom stereocenters. The summed E-state index contributed by atoms with van der Waals surface area (Å²) in [6.45, 7) is 9.92. The topological polar surface area (TPSA) is 29.3 Å². The largest absolute Gasteiger partial charge is 0.328 e. The average Bonchev–Trinajstić information content (AvgIpc) is 2.13. The normalized spacial score (nSPS) is 20.0. The second-order valence-corrected chi connectivity index (χ2v) is 3.18. The molecule has 2 nitrogen and oxygen atoms in total. The summed E-state index contributed by atoms with van der Waals surface area (Å²) in [6.07, 6.45) is 3.66. The van der Waals surface area contributed by atoms with E-state index in [9.17, 15) is 0 Å². The van der Waals surface area contributed by atoms with E-state index in [1.54, 1.807) is 0 Å². The molecule has 0 aromatic rings. The minimum absolute atomic E-state index is 0.480. The third kappa shape index (κ3) is 4.73. The molecule has 1 saturated heterocycles. The molecule has 1 fully saturated rings. The number of hydrogen-bond acceptors (Lipinski definition) is 2. The zero-order chi connectivity index (χ0) is 9.40. The van der Waals surface area contributed by atoms with Gasteiger partial charge in [0.15, 0.2) is 0 Å². The van der Waals surface area contributed by atoms with E-state index in [-0.39, 0.29) is 0 Å². The maximum Gasteiger partial charge on any atom is 0.00631 e. The zero-order valence-corrected chi connectivity index (χ0v) is 8.84. The molecule has 74 valence electrons. The summed E-state index contributed by atoms with van der Waals surface area (Å²) in [4.78, 5) is 2.50. The molecule has 1 aliphatic heterocycles. The molecule has 1 rings (SSSR count). The zero-order valence-electron chi connectivity index (χ0n) is 8.84. The predicted octanol–water partition coefficient (Wildman–Crippen LogP) is 1.85. The fourth-order valence-electron chi connectivity index (χ4n) is 1.49. The molecular weight excluding hydrogens is 148 g/mol. The van der Waals surface area contributed by atoms with Crippen LogP contribution in [-0.4, -0.2) is 30.6 Å². The van der Waals surface area contributed by atoms with Gasteiger partial charge in [0, 0.05) is 6.04 Å². The third-order valence-electron chi connectivity index (χ3n) is 2.17. The molecule has 0 aromatic carbocycles. The Morgan fingerprint density at radius 2 is 1.75 bits per heavy atom. The van der Waals surface area contributed by atoms with E-state index in [1.807, 2.05) is 13.8 Å². The summed E-state index contributed by atoms with van der Waals surface area (Å²) >= 11 is 0. The standard InChI is InChI=1S/C8H18N2.C2H6/c1-2-5-10-6-3-8(9)4-7-10;1-2/h8H,2-7,9H2,1H3;1-2H3. The van der Waals surface area contributed by atoms with Gasteiger partial charge in [-0.3, -0.25) is 0 Å². The summed E-state index contributed by atoms with van der Waals surface area (Å²) in [6, 6.07) is 0.480. The number of nitrogens with zero attached hydrogens (tertiary/aromatic N) is 1. The van der Waals surface area contributed by atoms with Crippen LogP contribution in [0.2, 0.25) is 0 Å². The van der Waals surface area contributed by atoms with Crippen LogP contribution in [0, 0.1) is 0 Å². The number of nitrogens with two attached hydrogens (primary N) is 1. The number of piperidine rings is 1. The summed E-state index contributed by atoms with van der Waals surface area (Å²) in [5.41, 5.74) is 5.77. The van der Waals surface area contributed by atoms with Crippen LogP contribution in [0.3, 0.4) is 0 Å². The van der Waals surface area contributed by atoms with E-state index in [0.717, 1.165) is 0 Å². The van der Waals surface area contributed by atoms with Crippen molar-refractivity contribution in [2.75, 3.05) is 19.6 Å². The van der Waals surface area contributed by atoms with Crippen LogP contribution in [0.1, 0.15) is 40.0 Å². The summed E-state index contributed by atoms with van der Waals surface area (Å²) < 4.78 is 0. The molecule has 0 radical (unpaired) electrons. The van der Waals surface area contributed by atoms with E-state index < -0.39 is 0 Å². The van der Waals surface area contributed by atoms with Gasteiger partial charge < -0.3 is 10.6 Å². The van der Waals surface area contributed by atoms with E-state index in [4.69, 9.17) is 5.73 Å². The maximum absolute atomic E-state index is 5.77. The first-order valence-electron chi connectivity index (χ1n) is 5.31. The van der Waals surface area contributed by atoms with E-state index >= 15 is 0 Å². The molecule has 0 aliphatic carbocycles.